The molecule has 0 saturated heterocycles. The number of hydrogen-bond acceptors (Lipinski definition) is 1. The number of nitrogens with one attached hydrogen (secondary N) is 1. The van der Waals surface area contributed by atoms with E-state index in [1.54, 1.807) is 0 Å². The zero-order valence-electron chi connectivity index (χ0n) is 12.8. The molecule has 110 valence electrons. The average Bonchev–Trinajstić information content (AvgIpc) is 2.48. The highest BCUT2D eigenvalue weighted by Gasteiger charge is 2.24. The molecular weight excluding hydrogens is 260 g/mol. The van der Waals surface area contributed by atoms with Gasteiger partial charge in [-0.05, 0) is 32.9 Å². The molecule has 0 radical (unpaired) electrons. The van der Waals surface area contributed by atoms with Crippen molar-refractivity contribution in [3.05, 3.63) is 65.7 Å². The molecule has 2 rings (SSSR count). The van der Waals surface area contributed by atoms with Gasteiger partial charge in [-0.15, -0.1) is 0 Å². The van der Waals surface area contributed by atoms with Crippen molar-refractivity contribution in [3.63, 3.8) is 0 Å². The number of hydrogen-bond donors (Lipinski definition) is 2. The van der Waals surface area contributed by atoms with Crippen LogP contribution in [0, 0.1) is 6.92 Å². The molecular formula is C18H23N2O+. The van der Waals surface area contributed by atoms with Crippen LogP contribution in [0.25, 0.3) is 0 Å². The molecule has 0 spiro atoms. The van der Waals surface area contributed by atoms with Gasteiger partial charge in [-0.1, -0.05) is 48.0 Å². The van der Waals surface area contributed by atoms with E-state index in [9.17, 15) is 4.79 Å². The number of rotatable bonds is 5. The van der Waals surface area contributed by atoms with Gasteiger partial charge >= 0.3 is 0 Å². The summed E-state index contributed by atoms with van der Waals surface area (Å²) in [6, 6.07) is 17.9. The maximum Gasteiger partial charge on any atom is 0.287 e. The van der Waals surface area contributed by atoms with Crippen molar-refractivity contribution in [2.24, 2.45) is 0 Å². The molecule has 0 bridgehead atoms. The Balaban J connectivity index is 2.16. The van der Waals surface area contributed by atoms with Gasteiger partial charge in [-0.3, -0.25) is 4.79 Å². The maximum absolute atomic E-state index is 12.6. The van der Waals surface area contributed by atoms with E-state index >= 15 is 0 Å². The first-order valence-corrected chi connectivity index (χ1v) is 7.33. The second-order valence-corrected chi connectivity index (χ2v) is 5.68. The Morgan fingerprint density at radius 3 is 2.19 bits per heavy atom. The van der Waals surface area contributed by atoms with Gasteiger partial charge in [0, 0.05) is 11.3 Å². The monoisotopic (exact) mass is 283 g/mol. The van der Waals surface area contributed by atoms with Crippen LogP contribution in [0.1, 0.15) is 31.0 Å². The summed E-state index contributed by atoms with van der Waals surface area (Å²) in [4.78, 5) is 12.6. The summed E-state index contributed by atoms with van der Waals surface area (Å²) >= 11 is 0. The van der Waals surface area contributed by atoms with Gasteiger partial charge in [0.1, 0.15) is 0 Å². The number of aryl methyl sites for hydroxylation is 1. The normalized spacial score (nSPS) is 12.2. The minimum absolute atomic E-state index is 0.0127. The number of carbonyl (C=O) groups excluding carboxylic acids is 1. The lowest BCUT2D eigenvalue weighted by molar-refractivity contribution is -0.709. The van der Waals surface area contributed by atoms with Crippen LogP contribution in [0.4, 0.5) is 5.69 Å². The molecule has 3 heteroatoms. The minimum Gasteiger partial charge on any atom is -0.330 e. The van der Waals surface area contributed by atoms with Gasteiger partial charge in [0.25, 0.3) is 5.91 Å². The number of nitrogens with two attached hydrogens (primary N) is 1. The largest absolute Gasteiger partial charge is 0.330 e. The van der Waals surface area contributed by atoms with E-state index in [1.165, 1.54) is 5.56 Å². The Kier molecular flexibility index (Phi) is 5.12. The zero-order valence-corrected chi connectivity index (χ0v) is 12.8. The average molecular weight is 283 g/mol. The molecule has 3 N–H and O–H groups in total. The van der Waals surface area contributed by atoms with E-state index in [-0.39, 0.29) is 11.9 Å². The highest BCUT2D eigenvalue weighted by molar-refractivity contribution is 5.94. The number of benzene rings is 2. The summed E-state index contributed by atoms with van der Waals surface area (Å²) in [5.74, 6) is 0.0127. The Morgan fingerprint density at radius 1 is 1.00 bits per heavy atom. The van der Waals surface area contributed by atoms with Gasteiger partial charge < -0.3 is 10.6 Å². The van der Waals surface area contributed by atoms with E-state index in [2.05, 4.69) is 24.5 Å². The molecule has 0 unspecified atom stereocenters. The molecule has 1 amide bonds. The molecule has 1 atom stereocenters. The molecule has 0 heterocycles. The highest BCUT2D eigenvalue weighted by atomic mass is 16.2. The summed E-state index contributed by atoms with van der Waals surface area (Å²) in [5.41, 5.74) is 3.04. The second kappa shape index (κ2) is 7.04. The Hall–Kier alpha value is -2.13. The molecule has 0 aliphatic carbocycles. The van der Waals surface area contributed by atoms with Crippen LogP contribution in [0.5, 0.6) is 0 Å². The molecule has 3 nitrogen and oxygen atoms in total. The number of quaternary nitrogens is 1. The van der Waals surface area contributed by atoms with Gasteiger partial charge in [-0.25, -0.2) is 0 Å². The zero-order chi connectivity index (χ0) is 15.2. The predicted molar refractivity (Wildman–Crippen MR) is 86.1 cm³/mol. The SMILES string of the molecule is Cc1ccc(NC(=O)[C@H]([NH2+]C(C)C)c2ccccc2)cc1. The number of anilines is 1. The van der Waals surface area contributed by atoms with Crippen LogP contribution in [0.2, 0.25) is 0 Å². The van der Waals surface area contributed by atoms with Crippen molar-refractivity contribution in [1.29, 1.82) is 0 Å². The van der Waals surface area contributed by atoms with Crippen LogP contribution in [-0.2, 0) is 4.79 Å². The second-order valence-electron chi connectivity index (χ2n) is 5.68. The molecule has 21 heavy (non-hydrogen) atoms. The van der Waals surface area contributed by atoms with E-state index in [1.807, 2.05) is 61.5 Å². The summed E-state index contributed by atoms with van der Waals surface area (Å²) in [6.07, 6.45) is 0. The number of carbonyl (C=O) groups is 1. The van der Waals surface area contributed by atoms with Crippen molar-refractivity contribution in [1.82, 2.24) is 0 Å². The van der Waals surface area contributed by atoms with Crippen molar-refractivity contribution in [2.75, 3.05) is 5.32 Å². The maximum atomic E-state index is 12.6. The molecule has 0 saturated carbocycles. The molecule has 0 aliphatic rings. The van der Waals surface area contributed by atoms with Crippen molar-refractivity contribution < 1.29 is 10.1 Å². The number of amides is 1. The fourth-order valence-electron chi connectivity index (χ4n) is 2.25. The fraction of sp³-hybridized carbons (Fsp3) is 0.278. The van der Waals surface area contributed by atoms with E-state index < -0.39 is 0 Å². The van der Waals surface area contributed by atoms with Gasteiger partial charge in [-0.2, -0.15) is 0 Å². The van der Waals surface area contributed by atoms with Crippen LogP contribution < -0.4 is 10.6 Å². The Labute approximate surface area is 126 Å². The van der Waals surface area contributed by atoms with Gasteiger partial charge in [0.05, 0.1) is 6.04 Å². The van der Waals surface area contributed by atoms with Crippen molar-refractivity contribution >= 4 is 11.6 Å². The summed E-state index contributed by atoms with van der Waals surface area (Å²) in [7, 11) is 0. The summed E-state index contributed by atoms with van der Waals surface area (Å²) < 4.78 is 0. The van der Waals surface area contributed by atoms with Crippen molar-refractivity contribution in [3.8, 4) is 0 Å². The van der Waals surface area contributed by atoms with Crippen LogP contribution >= 0.6 is 0 Å². The highest BCUT2D eigenvalue weighted by Crippen LogP contribution is 2.14. The van der Waals surface area contributed by atoms with Gasteiger partial charge in [0.15, 0.2) is 6.04 Å². The predicted octanol–water partition coefficient (Wildman–Crippen LogP) is 2.65. The first kappa shape index (κ1) is 15.3. The van der Waals surface area contributed by atoms with Crippen LogP contribution in [-0.4, -0.2) is 11.9 Å². The van der Waals surface area contributed by atoms with Crippen LogP contribution in [0.3, 0.4) is 0 Å². The first-order chi connectivity index (χ1) is 10.1. The molecule has 0 fully saturated rings. The third kappa shape index (κ3) is 4.43. The Bertz CT molecular complexity index is 576. The van der Waals surface area contributed by atoms with Crippen LogP contribution in [0.15, 0.2) is 54.6 Å². The third-order valence-electron chi connectivity index (χ3n) is 3.34. The van der Waals surface area contributed by atoms with E-state index in [4.69, 9.17) is 0 Å². The fourth-order valence-corrected chi connectivity index (χ4v) is 2.25. The van der Waals surface area contributed by atoms with E-state index in [0.29, 0.717) is 6.04 Å². The lowest BCUT2D eigenvalue weighted by Crippen LogP contribution is -2.91. The first-order valence-electron chi connectivity index (χ1n) is 7.33. The standard InChI is InChI=1S/C18H22N2O/c1-13(2)19-17(15-7-5-4-6-8-15)18(21)20-16-11-9-14(3)10-12-16/h4-13,17,19H,1-3H3,(H,20,21)/p+1/t17-/m1/s1. The summed E-state index contributed by atoms with van der Waals surface area (Å²) in [6.45, 7) is 6.22. The lowest BCUT2D eigenvalue weighted by Gasteiger charge is -2.18. The smallest absolute Gasteiger partial charge is 0.287 e. The Morgan fingerprint density at radius 2 is 1.62 bits per heavy atom. The topological polar surface area (TPSA) is 45.7 Å². The van der Waals surface area contributed by atoms with Gasteiger partial charge in [0.2, 0.25) is 0 Å². The van der Waals surface area contributed by atoms with Crippen molar-refractivity contribution in [2.45, 2.75) is 32.9 Å². The molecule has 0 aromatic heterocycles. The quantitative estimate of drug-likeness (QED) is 0.870. The minimum atomic E-state index is -0.229. The summed E-state index contributed by atoms with van der Waals surface area (Å²) in [5, 5.41) is 5.09. The van der Waals surface area contributed by atoms with E-state index in [0.717, 1.165) is 11.3 Å². The molecule has 2 aromatic rings. The molecule has 2 aromatic carbocycles. The molecule has 0 aliphatic heterocycles. The third-order valence-corrected chi connectivity index (χ3v) is 3.34. The lowest BCUT2D eigenvalue weighted by atomic mass is 10.1.